The number of ether oxygens (including phenoxy) is 2. The molecule has 23 heavy (non-hydrogen) atoms. The summed E-state index contributed by atoms with van der Waals surface area (Å²) >= 11 is 3.29. The minimum Gasteiger partial charge on any atom is -0.379 e. The molecule has 2 saturated heterocycles. The van der Waals surface area contributed by atoms with Crippen molar-refractivity contribution in [2.75, 3.05) is 52.5 Å². The summed E-state index contributed by atoms with van der Waals surface area (Å²) in [7, 11) is 0. The molecule has 0 saturated carbocycles. The standard InChI is InChI=1S/C16H20N2O3S2/c19-16(15-9-14-13(23-15)1-8-22-14)18-4-7-21-12(11-18)10-17-2-5-20-6-3-17/h1,8-9,12H,2-7,10-11H2. The Labute approximate surface area is 143 Å². The van der Waals surface area contributed by atoms with E-state index < -0.39 is 0 Å². The lowest BCUT2D eigenvalue weighted by Crippen LogP contribution is -2.51. The molecule has 2 aliphatic rings. The number of amides is 1. The Hall–Kier alpha value is -0.990. The maximum atomic E-state index is 12.8. The summed E-state index contributed by atoms with van der Waals surface area (Å²) in [6.07, 6.45) is 0.104. The summed E-state index contributed by atoms with van der Waals surface area (Å²) in [5.74, 6) is 0.147. The quantitative estimate of drug-likeness (QED) is 0.849. The normalized spacial score (nSPS) is 23.5. The van der Waals surface area contributed by atoms with Gasteiger partial charge in [0.2, 0.25) is 0 Å². The number of carbonyl (C=O) groups excluding carboxylic acids is 1. The van der Waals surface area contributed by atoms with Gasteiger partial charge in [-0.25, -0.2) is 0 Å². The molecule has 0 aliphatic carbocycles. The first-order chi connectivity index (χ1) is 11.3. The minimum absolute atomic E-state index is 0.104. The van der Waals surface area contributed by atoms with Crippen molar-refractivity contribution in [3.05, 3.63) is 22.4 Å². The third-order valence-corrected chi connectivity index (χ3v) is 6.42. The average Bonchev–Trinajstić information content (AvgIpc) is 3.17. The van der Waals surface area contributed by atoms with E-state index in [4.69, 9.17) is 9.47 Å². The summed E-state index contributed by atoms with van der Waals surface area (Å²) in [6.45, 7) is 6.37. The molecule has 0 aromatic carbocycles. The largest absolute Gasteiger partial charge is 0.379 e. The van der Waals surface area contributed by atoms with Gasteiger partial charge >= 0.3 is 0 Å². The summed E-state index contributed by atoms with van der Waals surface area (Å²) in [5.41, 5.74) is 0. The maximum absolute atomic E-state index is 12.8. The Kier molecular flexibility index (Phi) is 4.64. The molecule has 2 aliphatic heterocycles. The van der Waals surface area contributed by atoms with Crippen LogP contribution < -0.4 is 0 Å². The topological polar surface area (TPSA) is 42.0 Å². The number of fused-ring (bicyclic) bond motifs is 1. The number of rotatable bonds is 3. The first kappa shape index (κ1) is 15.5. The molecule has 0 N–H and O–H groups in total. The van der Waals surface area contributed by atoms with Gasteiger partial charge in [0.15, 0.2) is 0 Å². The van der Waals surface area contributed by atoms with Gasteiger partial charge in [0.05, 0.1) is 30.8 Å². The second-order valence-corrected chi connectivity index (χ2v) is 7.95. The fraction of sp³-hybridized carbons (Fsp3) is 0.562. The molecule has 2 aromatic rings. The van der Waals surface area contributed by atoms with Gasteiger partial charge in [0, 0.05) is 42.1 Å². The third kappa shape index (κ3) is 3.44. The molecule has 1 atom stereocenters. The number of carbonyl (C=O) groups is 1. The van der Waals surface area contributed by atoms with Crippen LogP contribution in [0.5, 0.6) is 0 Å². The average molecular weight is 352 g/mol. The summed E-state index contributed by atoms with van der Waals surface area (Å²) in [4.78, 5) is 17.9. The van der Waals surface area contributed by atoms with Crippen molar-refractivity contribution >= 4 is 38.0 Å². The van der Waals surface area contributed by atoms with Crippen molar-refractivity contribution in [3.63, 3.8) is 0 Å². The van der Waals surface area contributed by atoms with Crippen LogP contribution in [0.3, 0.4) is 0 Å². The highest BCUT2D eigenvalue weighted by atomic mass is 32.1. The molecular weight excluding hydrogens is 332 g/mol. The van der Waals surface area contributed by atoms with Crippen molar-refractivity contribution < 1.29 is 14.3 Å². The molecular formula is C16H20N2O3S2. The number of hydrogen-bond donors (Lipinski definition) is 0. The number of thiophene rings is 2. The van der Waals surface area contributed by atoms with Crippen LogP contribution in [0.15, 0.2) is 17.5 Å². The SMILES string of the molecule is O=C(c1cc2sccc2s1)N1CCOC(CN2CCOCC2)C1. The van der Waals surface area contributed by atoms with Crippen LogP contribution in [-0.2, 0) is 9.47 Å². The fourth-order valence-corrected chi connectivity index (χ4v) is 5.19. The molecule has 5 nitrogen and oxygen atoms in total. The van der Waals surface area contributed by atoms with Crippen LogP contribution in [0.2, 0.25) is 0 Å². The van der Waals surface area contributed by atoms with E-state index in [2.05, 4.69) is 16.3 Å². The van der Waals surface area contributed by atoms with Crippen LogP contribution in [0.4, 0.5) is 0 Å². The van der Waals surface area contributed by atoms with Gasteiger partial charge in [-0.3, -0.25) is 9.69 Å². The van der Waals surface area contributed by atoms with Gasteiger partial charge in [0.1, 0.15) is 0 Å². The predicted molar refractivity (Wildman–Crippen MR) is 92.6 cm³/mol. The zero-order valence-corrected chi connectivity index (χ0v) is 14.5. The van der Waals surface area contributed by atoms with Gasteiger partial charge in [-0.15, -0.1) is 22.7 Å². The number of nitrogens with zero attached hydrogens (tertiary/aromatic N) is 2. The first-order valence-corrected chi connectivity index (χ1v) is 9.67. The van der Waals surface area contributed by atoms with E-state index >= 15 is 0 Å². The predicted octanol–water partition coefficient (Wildman–Crippen LogP) is 2.14. The van der Waals surface area contributed by atoms with E-state index in [1.54, 1.807) is 22.7 Å². The number of morpholine rings is 2. The fourth-order valence-electron chi connectivity index (χ4n) is 3.11. The van der Waals surface area contributed by atoms with Crippen molar-refractivity contribution in [2.24, 2.45) is 0 Å². The Morgan fingerprint density at radius 1 is 1.22 bits per heavy atom. The second-order valence-electron chi connectivity index (χ2n) is 5.92. The molecule has 0 radical (unpaired) electrons. The van der Waals surface area contributed by atoms with Gasteiger partial charge in [0.25, 0.3) is 5.91 Å². The molecule has 4 heterocycles. The van der Waals surface area contributed by atoms with E-state index in [1.165, 1.54) is 9.40 Å². The highest BCUT2D eigenvalue weighted by Crippen LogP contribution is 2.31. The molecule has 0 bridgehead atoms. The lowest BCUT2D eigenvalue weighted by atomic mass is 10.2. The Morgan fingerprint density at radius 3 is 2.91 bits per heavy atom. The smallest absolute Gasteiger partial charge is 0.264 e. The molecule has 4 rings (SSSR count). The second kappa shape index (κ2) is 6.86. The van der Waals surface area contributed by atoms with Crippen molar-refractivity contribution in [1.82, 2.24) is 9.80 Å². The molecule has 1 unspecified atom stereocenters. The highest BCUT2D eigenvalue weighted by molar-refractivity contribution is 7.27. The van der Waals surface area contributed by atoms with E-state index in [-0.39, 0.29) is 12.0 Å². The minimum atomic E-state index is 0.104. The lowest BCUT2D eigenvalue weighted by Gasteiger charge is -2.36. The van der Waals surface area contributed by atoms with Gasteiger partial charge < -0.3 is 14.4 Å². The molecule has 124 valence electrons. The molecule has 2 fully saturated rings. The first-order valence-electron chi connectivity index (χ1n) is 7.97. The Bertz CT molecular complexity index is 649. The summed E-state index contributed by atoms with van der Waals surface area (Å²) in [6, 6.07) is 4.11. The van der Waals surface area contributed by atoms with Crippen molar-refractivity contribution in [3.8, 4) is 0 Å². The van der Waals surface area contributed by atoms with Gasteiger partial charge in [-0.1, -0.05) is 0 Å². The molecule has 2 aromatic heterocycles. The molecule has 1 amide bonds. The zero-order valence-electron chi connectivity index (χ0n) is 12.9. The van der Waals surface area contributed by atoms with E-state index in [1.807, 2.05) is 11.0 Å². The van der Waals surface area contributed by atoms with Gasteiger partial charge in [-0.05, 0) is 17.5 Å². The van der Waals surface area contributed by atoms with Crippen LogP contribution in [0.1, 0.15) is 9.67 Å². The van der Waals surface area contributed by atoms with Crippen molar-refractivity contribution in [1.29, 1.82) is 0 Å². The van der Waals surface area contributed by atoms with E-state index in [0.29, 0.717) is 19.7 Å². The highest BCUT2D eigenvalue weighted by Gasteiger charge is 2.28. The van der Waals surface area contributed by atoms with Crippen LogP contribution in [0, 0.1) is 0 Å². The van der Waals surface area contributed by atoms with E-state index in [0.717, 1.165) is 37.7 Å². The van der Waals surface area contributed by atoms with Crippen LogP contribution >= 0.6 is 22.7 Å². The van der Waals surface area contributed by atoms with Crippen LogP contribution in [0.25, 0.3) is 9.40 Å². The summed E-state index contributed by atoms with van der Waals surface area (Å²) in [5, 5.41) is 2.07. The van der Waals surface area contributed by atoms with Crippen LogP contribution in [-0.4, -0.2) is 74.4 Å². The maximum Gasteiger partial charge on any atom is 0.264 e. The van der Waals surface area contributed by atoms with Gasteiger partial charge in [-0.2, -0.15) is 0 Å². The van der Waals surface area contributed by atoms with E-state index in [9.17, 15) is 4.79 Å². The number of hydrogen-bond acceptors (Lipinski definition) is 6. The zero-order chi connectivity index (χ0) is 15.6. The van der Waals surface area contributed by atoms with Crippen molar-refractivity contribution in [2.45, 2.75) is 6.10 Å². The lowest BCUT2D eigenvalue weighted by molar-refractivity contribution is -0.0502. The Morgan fingerprint density at radius 2 is 2.09 bits per heavy atom. The molecule has 7 heteroatoms. The Balaban J connectivity index is 1.39. The molecule has 0 spiro atoms. The summed E-state index contributed by atoms with van der Waals surface area (Å²) < 4.78 is 13.7. The monoisotopic (exact) mass is 352 g/mol. The third-order valence-electron chi connectivity index (χ3n) is 4.34.